The zero-order valence-electron chi connectivity index (χ0n) is 14.3. The SMILES string of the molecule is CN(Cc1ccc(F)cc1)c1cccc(S(=O)(=O)NC(=O)c2ccsc2)n1. The lowest BCUT2D eigenvalue weighted by molar-refractivity contribution is 0.0981. The van der Waals surface area contributed by atoms with E-state index in [9.17, 15) is 17.6 Å². The number of benzene rings is 1. The van der Waals surface area contributed by atoms with Crippen LogP contribution in [0, 0.1) is 5.82 Å². The quantitative estimate of drug-likeness (QED) is 0.682. The van der Waals surface area contributed by atoms with E-state index in [0.717, 1.165) is 5.56 Å². The first-order valence-electron chi connectivity index (χ1n) is 7.87. The summed E-state index contributed by atoms with van der Waals surface area (Å²) in [5.41, 5.74) is 1.12. The number of nitrogens with one attached hydrogen (secondary N) is 1. The molecule has 140 valence electrons. The van der Waals surface area contributed by atoms with Crippen molar-refractivity contribution in [2.75, 3.05) is 11.9 Å². The molecule has 1 N–H and O–H groups in total. The van der Waals surface area contributed by atoms with Gasteiger partial charge in [-0.3, -0.25) is 4.79 Å². The molecule has 0 bridgehead atoms. The number of sulfonamides is 1. The number of hydrogen-bond donors (Lipinski definition) is 1. The van der Waals surface area contributed by atoms with Crippen LogP contribution in [0.15, 0.2) is 64.3 Å². The molecule has 0 unspecified atom stereocenters. The van der Waals surface area contributed by atoms with Crippen LogP contribution < -0.4 is 9.62 Å². The molecule has 0 spiro atoms. The van der Waals surface area contributed by atoms with Crippen LogP contribution in [0.3, 0.4) is 0 Å². The van der Waals surface area contributed by atoms with Gasteiger partial charge in [0.05, 0.1) is 5.56 Å². The molecule has 6 nitrogen and oxygen atoms in total. The minimum atomic E-state index is -4.10. The lowest BCUT2D eigenvalue weighted by atomic mass is 10.2. The number of pyridine rings is 1. The van der Waals surface area contributed by atoms with E-state index in [1.165, 1.54) is 35.6 Å². The molecule has 1 aromatic carbocycles. The third kappa shape index (κ3) is 4.69. The van der Waals surface area contributed by atoms with E-state index in [1.807, 2.05) is 4.72 Å². The molecule has 2 heterocycles. The van der Waals surface area contributed by atoms with Crippen LogP contribution in [-0.2, 0) is 16.6 Å². The fourth-order valence-electron chi connectivity index (χ4n) is 2.34. The van der Waals surface area contributed by atoms with Crippen LogP contribution >= 0.6 is 11.3 Å². The highest BCUT2D eigenvalue weighted by atomic mass is 32.2. The van der Waals surface area contributed by atoms with E-state index < -0.39 is 15.9 Å². The van der Waals surface area contributed by atoms with Crippen LogP contribution in [0.4, 0.5) is 10.2 Å². The smallest absolute Gasteiger partial charge is 0.281 e. The Morgan fingerprint density at radius 1 is 1.19 bits per heavy atom. The fourth-order valence-corrected chi connectivity index (χ4v) is 3.91. The summed E-state index contributed by atoms with van der Waals surface area (Å²) in [7, 11) is -2.36. The summed E-state index contributed by atoms with van der Waals surface area (Å²) in [5.74, 6) is -0.623. The molecule has 0 saturated heterocycles. The van der Waals surface area contributed by atoms with Gasteiger partial charge in [0.15, 0.2) is 5.03 Å². The van der Waals surface area contributed by atoms with Crippen molar-refractivity contribution in [2.24, 2.45) is 0 Å². The number of carbonyl (C=O) groups is 1. The molecule has 27 heavy (non-hydrogen) atoms. The van der Waals surface area contributed by atoms with Gasteiger partial charge in [-0.2, -0.15) is 19.8 Å². The molecule has 3 aromatic rings. The molecule has 1 amide bonds. The van der Waals surface area contributed by atoms with Gasteiger partial charge in [-0.25, -0.2) is 14.1 Å². The van der Waals surface area contributed by atoms with Gasteiger partial charge in [0.1, 0.15) is 11.6 Å². The van der Waals surface area contributed by atoms with Crippen molar-refractivity contribution in [1.29, 1.82) is 0 Å². The Bertz CT molecular complexity index is 1040. The van der Waals surface area contributed by atoms with Crippen LogP contribution in [0.5, 0.6) is 0 Å². The first-order valence-corrected chi connectivity index (χ1v) is 10.3. The maximum atomic E-state index is 13.0. The first-order chi connectivity index (χ1) is 12.8. The molecule has 0 atom stereocenters. The predicted molar refractivity (Wildman–Crippen MR) is 102 cm³/mol. The maximum Gasteiger partial charge on any atom is 0.281 e. The van der Waals surface area contributed by atoms with Crippen molar-refractivity contribution in [2.45, 2.75) is 11.6 Å². The Hall–Kier alpha value is -2.78. The summed E-state index contributed by atoms with van der Waals surface area (Å²) < 4.78 is 39.9. The Morgan fingerprint density at radius 2 is 1.93 bits per heavy atom. The standard InChI is InChI=1S/C18H16FN3O3S2/c1-22(11-13-5-7-15(19)8-6-13)16-3-2-4-17(20-16)27(24,25)21-18(23)14-9-10-26-12-14/h2-10,12H,11H2,1H3,(H,21,23). The molecule has 0 saturated carbocycles. The van der Waals surface area contributed by atoms with E-state index in [1.54, 1.807) is 47.0 Å². The predicted octanol–water partition coefficient (Wildman–Crippen LogP) is 3.04. The molecule has 2 aromatic heterocycles. The second kappa shape index (κ2) is 7.85. The van der Waals surface area contributed by atoms with Crippen LogP contribution in [0.25, 0.3) is 0 Å². The van der Waals surface area contributed by atoms with Gasteiger partial charge in [-0.15, -0.1) is 0 Å². The minimum Gasteiger partial charge on any atom is -0.355 e. The molecule has 0 radical (unpaired) electrons. The van der Waals surface area contributed by atoms with Gasteiger partial charge in [0.2, 0.25) is 0 Å². The van der Waals surface area contributed by atoms with Gasteiger partial charge in [0.25, 0.3) is 15.9 Å². The summed E-state index contributed by atoms with van der Waals surface area (Å²) in [6, 6.07) is 12.1. The van der Waals surface area contributed by atoms with Gasteiger partial charge in [-0.1, -0.05) is 18.2 Å². The average Bonchev–Trinajstić information content (AvgIpc) is 3.18. The molecule has 9 heteroatoms. The number of amides is 1. The Balaban J connectivity index is 1.77. The third-order valence-corrected chi connectivity index (χ3v) is 5.63. The van der Waals surface area contributed by atoms with Crippen LogP contribution in [0.2, 0.25) is 0 Å². The Morgan fingerprint density at radius 3 is 2.59 bits per heavy atom. The Kier molecular flexibility index (Phi) is 5.52. The fraction of sp³-hybridized carbons (Fsp3) is 0.111. The first kappa shape index (κ1) is 19.0. The second-order valence-electron chi connectivity index (χ2n) is 5.76. The molecule has 0 aliphatic rings. The summed E-state index contributed by atoms with van der Waals surface area (Å²) in [6.45, 7) is 0.415. The van der Waals surface area contributed by atoms with Gasteiger partial charge < -0.3 is 4.90 Å². The summed E-state index contributed by atoms with van der Waals surface area (Å²) in [5, 5.41) is 2.99. The van der Waals surface area contributed by atoms with Crippen molar-refractivity contribution in [3.8, 4) is 0 Å². The third-order valence-electron chi connectivity index (χ3n) is 3.72. The molecular weight excluding hydrogens is 389 g/mol. The Labute approximate surface area is 160 Å². The van der Waals surface area contributed by atoms with Crippen molar-refractivity contribution in [3.05, 3.63) is 76.2 Å². The van der Waals surface area contributed by atoms with Crippen molar-refractivity contribution in [1.82, 2.24) is 9.71 Å². The highest BCUT2D eigenvalue weighted by molar-refractivity contribution is 7.90. The topological polar surface area (TPSA) is 79.4 Å². The molecular formula is C18H16FN3O3S2. The summed E-state index contributed by atoms with van der Waals surface area (Å²) in [6.07, 6.45) is 0. The van der Waals surface area contributed by atoms with E-state index in [2.05, 4.69) is 4.98 Å². The van der Waals surface area contributed by atoms with E-state index in [4.69, 9.17) is 0 Å². The summed E-state index contributed by atoms with van der Waals surface area (Å²) >= 11 is 1.30. The van der Waals surface area contributed by atoms with Crippen molar-refractivity contribution < 1.29 is 17.6 Å². The number of rotatable bonds is 6. The van der Waals surface area contributed by atoms with E-state index in [-0.39, 0.29) is 16.4 Å². The number of anilines is 1. The van der Waals surface area contributed by atoms with Crippen molar-refractivity contribution >= 4 is 33.1 Å². The number of thiophene rings is 1. The average molecular weight is 405 g/mol. The van der Waals surface area contributed by atoms with Crippen LogP contribution in [-0.4, -0.2) is 26.4 Å². The van der Waals surface area contributed by atoms with E-state index >= 15 is 0 Å². The lowest BCUT2D eigenvalue weighted by Gasteiger charge is -2.19. The molecule has 3 rings (SSSR count). The lowest BCUT2D eigenvalue weighted by Crippen LogP contribution is -2.31. The highest BCUT2D eigenvalue weighted by Crippen LogP contribution is 2.17. The van der Waals surface area contributed by atoms with Gasteiger partial charge in [0, 0.05) is 19.0 Å². The number of halogens is 1. The second-order valence-corrected chi connectivity index (χ2v) is 8.17. The van der Waals surface area contributed by atoms with Crippen molar-refractivity contribution in [3.63, 3.8) is 0 Å². The maximum absolute atomic E-state index is 13.0. The normalized spacial score (nSPS) is 11.2. The minimum absolute atomic E-state index is 0.255. The number of carbonyl (C=O) groups excluding carboxylic acids is 1. The monoisotopic (exact) mass is 405 g/mol. The number of hydrogen-bond acceptors (Lipinski definition) is 6. The summed E-state index contributed by atoms with van der Waals surface area (Å²) in [4.78, 5) is 17.9. The number of aromatic nitrogens is 1. The largest absolute Gasteiger partial charge is 0.355 e. The van der Waals surface area contributed by atoms with E-state index in [0.29, 0.717) is 12.4 Å². The zero-order chi connectivity index (χ0) is 19.4. The number of nitrogens with zero attached hydrogens (tertiary/aromatic N) is 2. The van der Waals surface area contributed by atoms with Crippen LogP contribution in [0.1, 0.15) is 15.9 Å². The zero-order valence-corrected chi connectivity index (χ0v) is 15.9. The molecule has 0 aliphatic carbocycles. The van der Waals surface area contributed by atoms with Gasteiger partial charge in [-0.05, 0) is 41.3 Å². The molecule has 0 fully saturated rings. The highest BCUT2D eigenvalue weighted by Gasteiger charge is 2.21. The van der Waals surface area contributed by atoms with Gasteiger partial charge >= 0.3 is 0 Å². The molecule has 0 aliphatic heterocycles.